The molecule has 1 N–H and O–H groups in total. The Bertz CT molecular complexity index is 1300. The van der Waals surface area contributed by atoms with Crippen molar-refractivity contribution in [2.24, 2.45) is 0 Å². The summed E-state index contributed by atoms with van der Waals surface area (Å²) in [7, 11) is -1.58. The van der Waals surface area contributed by atoms with E-state index in [2.05, 4.69) is 10.1 Å². The number of carbonyl (C=O) groups is 2. The lowest BCUT2D eigenvalue weighted by Crippen LogP contribution is -2.38. The summed E-state index contributed by atoms with van der Waals surface area (Å²) in [6.45, 7) is -0.629. The first-order valence-electron chi connectivity index (χ1n) is 9.76. The molecule has 3 aromatic carbocycles. The zero-order chi connectivity index (χ0) is 24.9. The lowest BCUT2D eigenvalue weighted by Gasteiger charge is -2.24. The van der Waals surface area contributed by atoms with Crippen LogP contribution in [-0.2, 0) is 19.6 Å². The molecule has 34 heavy (non-hydrogen) atoms. The SMILES string of the molecule is COC(=O)c1cc(NC(=O)CN(c2ccc(F)cc2)S(=O)(=O)c2ccc(OC)cc2)ccc1Cl. The number of hydrogen-bond acceptors (Lipinski definition) is 6. The average molecular weight is 507 g/mol. The summed E-state index contributed by atoms with van der Waals surface area (Å²) < 4.78 is 50.7. The third-order valence-electron chi connectivity index (χ3n) is 4.70. The monoisotopic (exact) mass is 506 g/mol. The van der Waals surface area contributed by atoms with Gasteiger partial charge < -0.3 is 14.8 Å². The molecule has 0 atom stereocenters. The number of halogens is 2. The van der Waals surface area contributed by atoms with E-state index >= 15 is 0 Å². The number of ether oxygens (including phenoxy) is 2. The van der Waals surface area contributed by atoms with Crippen LogP contribution in [0.2, 0.25) is 5.02 Å². The van der Waals surface area contributed by atoms with Crippen LogP contribution in [0.25, 0.3) is 0 Å². The highest BCUT2D eigenvalue weighted by Crippen LogP contribution is 2.26. The first kappa shape index (κ1) is 25.0. The molecule has 0 heterocycles. The average Bonchev–Trinajstić information content (AvgIpc) is 2.84. The van der Waals surface area contributed by atoms with E-state index in [1.807, 2.05) is 0 Å². The fraction of sp³-hybridized carbons (Fsp3) is 0.130. The van der Waals surface area contributed by atoms with E-state index < -0.39 is 34.3 Å². The van der Waals surface area contributed by atoms with Crippen molar-refractivity contribution in [3.05, 3.63) is 83.1 Å². The molecule has 0 aliphatic rings. The predicted octanol–water partition coefficient (Wildman–Crippen LogP) is 4.11. The molecule has 1 amide bonds. The van der Waals surface area contributed by atoms with Gasteiger partial charge in [0.25, 0.3) is 10.0 Å². The van der Waals surface area contributed by atoms with Crippen molar-refractivity contribution in [3.63, 3.8) is 0 Å². The maximum Gasteiger partial charge on any atom is 0.339 e. The third-order valence-corrected chi connectivity index (χ3v) is 6.82. The number of nitrogens with zero attached hydrogens (tertiary/aromatic N) is 1. The summed E-state index contributed by atoms with van der Waals surface area (Å²) in [4.78, 5) is 24.6. The van der Waals surface area contributed by atoms with Gasteiger partial charge in [-0.2, -0.15) is 0 Å². The number of amides is 1. The number of sulfonamides is 1. The summed E-state index contributed by atoms with van der Waals surface area (Å²) in [6.07, 6.45) is 0. The largest absolute Gasteiger partial charge is 0.497 e. The summed E-state index contributed by atoms with van der Waals surface area (Å²) in [5, 5.41) is 2.66. The maximum atomic E-state index is 13.5. The standard InChI is InChI=1S/C23H20ClFN2O6S/c1-32-18-8-10-19(11-9-18)34(30,31)27(17-6-3-15(25)4-7-17)14-22(28)26-16-5-12-21(24)20(13-16)23(29)33-2/h3-13H,14H2,1-2H3,(H,26,28). The number of carbonyl (C=O) groups excluding carboxylic acids is 2. The molecule has 11 heteroatoms. The highest BCUT2D eigenvalue weighted by Gasteiger charge is 2.27. The Morgan fingerprint density at radius 2 is 1.65 bits per heavy atom. The van der Waals surface area contributed by atoms with Crippen molar-refractivity contribution in [3.8, 4) is 5.75 Å². The highest BCUT2D eigenvalue weighted by molar-refractivity contribution is 7.92. The topological polar surface area (TPSA) is 102 Å². The molecule has 0 aliphatic heterocycles. The summed E-state index contributed by atoms with van der Waals surface area (Å²) >= 11 is 5.99. The molecule has 0 radical (unpaired) electrons. The second-order valence-corrected chi connectivity index (χ2v) is 9.17. The van der Waals surface area contributed by atoms with Gasteiger partial charge in [0.1, 0.15) is 18.1 Å². The molecule has 0 fully saturated rings. The van der Waals surface area contributed by atoms with E-state index in [1.54, 1.807) is 0 Å². The van der Waals surface area contributed by atoms with Crippen LogP contribution >= 0.6 is 11.6 Å². The first-order chi connectivity index (χ1) is 16.1. The first-order valence-corrected chi connectivity index (χ1v) is 11.6. The normalized spacial score (nSPS) is 10.9. The van der Waals surface area contributed by atoms with Crippen LogP contribution in [0, 0.1) is 5.82 Å². The van der Waals surface area contributed by atoms with Gasteiger partial charge in [-0.25, -0.2) is 17.6 Å². The Labute approximate surface area is 200 Å². The Morgan fingerprint density at radius 1 is 1.00 bits per heavy atom. The number of hydrogen-bond donors (Lipinski definition) is 1. The van der Waals surface area contributed by atoms with Gasteiger partial charge in [0.2, 0.25) is 5.91 Å². The number of anilines is 2. The van der Waals surface area contributed by atoms with Gasteiger partial charge in [-0.1, -0.05) is 11.6 Å². The Balaban J connectivity index is 1.92. The number of rotatable bonds is 8. The van der Waals surface area contributed by atoms with Gasteiger partial charge in [-0.05, 0) is 66.7 Å². The molecule has 0 aliphatic carbocycles. The Kier molecular flexibility index (Phi) is 7.75. The van der Waals surface area contributed by atoms with Crippen LogP contribution in [0.3, 0.4) is 0 Å². The van der Waals surface area contributed by atoms with Crippen molar-refractivity contribution in [1.82, 2.24) is 0 Å². The van der Waals surface area contributed by atoms with E-state index in [-0.39, 0.29) is 26.9 Å². The van der Waals surface area contributed by atoms with Gasteiger partial charge in [-0.3, -0.25) is 9.10 Å². The molecule has 178 valence electrons. The van der Waals surface area contributed by atoms with Crippen molar-refractivity contribution in [2.45, 2.75) is 4.90 Å². The maximum absolute atomic E-state index is 13.5. The number of methoxy groups -OCH3 is 2. The predicted molar refractivity (Wildman–Crippen MR) is 125 cm³/mol. The van der Waals surface area contributed by atoms with Crippen LogP contribution < -0.4 is 14.4 Å². The molecule has 0 saturated heterocycles. The number of benzene rings is 3. The molecule has 0 spiro atoms. The molecule has 3 rings (SSSR count). The molecule has 0 aromatic heterocycles. The van der Waals surface area contributed by atoms with E-state index in [0.717, 1.165) is 16.4 Å². The second kappa shape index (κ2) is 10.5. The van der Waals surface area contributed by atoms with Gasteiger partial charge in [-0.15, -0.1) is 0 Å². The van der Waals surface area contributed by atoms with Gasteiger partial charge in [0.15, 0.2) is 0 Å². The Hall–Kier alpha value is -3.63. The van der Waals surface area contributed by atoms with Gasteiger partial charge in [0.05, 0.1) is 35.4 Å². The number of esters is 1. The number of nitrogens with one attached hydrogen (secondary N) is 1. The summed E-state index contributed by atoms with van der Waals surface area (Å²) in [6, 6.07) is 14.5. The van der Waals surface area contributed by atoms with Crippen LogP contribution in [0.4, 0.5) is 15.8 Å². The molecule has 3 aromatic rings. The second-order valence-electron chi connectivity index (χ2n) is 6.90. The molecule has 0 saturated carbocycles. The van der Waals surface area contributed by atoms with Crippen molar-refractivity contribution in [2.75, 3.05) is 30.4 Å². The summed E-state index contributed by atoms with van der Waals surface area (Å²) in [5.41, 5.74) is 0.317. The van der Waals surface area contributed by atoms with Crippen LogP contribution in [-0.4, -0.2) is 41.1 Å². The highest BCUT2D eigenvalue weighted by atomic mass is 35.5. The summed E-state index contributed by atoms with van der Waals surface area (Å²) in [5.74, 6) is -1.52. The molecule has 0 unspecified atom stereocenters. The fourth-order valence-corrected chi connectivity index (χ4v) is 4.61. The van der Waals surface area contributed by atoms with Crippen LogP contribution in [0.15, 0.2) is 71.6 Å². The van der Waals surface area contributed by atoms with Crippen molar-refractivity contribution >= 4 is 44.9 Å². The van der Waals surface area contributed by atoms with Crippen LogP contribution in [0.1, 0.15) is 10.4 Å². The lowest BCUT2D eigenvalue weighted by atomic mass is 10.2. The molecular weight excluding hydrogens is 487 g/mol. The lowest BCUT2D eigenvalue weighted by molar-refractivity contribution is -0.114. The zero-order valence-corrected chi connectivity index (χ0v) is 19.7. The Morgan fingerprint density at radius 3 is 2.24 bits per heavy atom. The van der Waals surface area contributed by atoms with Gasteiger partial charge in [0, 0.05) is 5.69 Å². The van der Waals surface area contributed by atoms with Crippen molar-refractivity contribution < 1.29 is 31.9 Å². The minimum atomic E-state index is -4.21. The molecule has 0 bridgehead atoms. The van der Waals surface area contributed by atoms with E-state index in [1.165, 1.54) is 68.8 Å². The van der Waals surface area contributed by atoms with E-state index in [0.29, 0.717) is 5.75 Å². The third kappa shape index (κ3) is 5.64. The van der Waals surface area contributed by atoms with E-state index in [4.69, 9.17) is 16.3 Å². The fourth-order valence-electron chi connectivity index (χ4n) is 3.00. The smallest absolute Gasteiger partial charge is 0.339 e. The van der Waals surface area contributed by atoms with E-state index in [9.17, 15) is 22.4 Å². The zero-order valence-electron chi connectivity index (χ0n) is 18.1. The molecule has 8 nitrogen and oxygen atoms in total. The van der Waals surface area contributed by atoms with Crippen molar-refractivity contribution in [1.29, 1.82) is 0 Å². The molecular formula is C23H20ClFN2O6S. The minimum Gasteiger partial charge on any atom is -0.497 e. The minimum absolute atomic E-state index is 0.0308. The quantitative estimate of drug-likeness (QED) is 0.461. The van der Waals surface area contributed by atoms with Crippen LogP contribution in [0.5, 0.6) is 5.75 Å². The van der Waals surface area contributed by atoms with Gasteiger partial charge >= 0.3 is 5.97 Å².